The number of nitrogens with zero attached hydrogens (tertiary/aromatic N) is 3. The molecule has 10 rings (SSSR count). The molecule has 0 bridgehead atoms. The summed E-state index contributed by atoms with van der Waals surface area (Å²) in [7, 11) is -3.06. The van der Waals surface area contributed by atoms with Gasteiger partial charge in [-0.25, -0.2) is 23.7 Å². The van der Waals surface area contributed by atoms with Crippen molar-refractivity contribution in [1.82, 2.24) is 15.0 Å². The molecule has 62 heavy (non-hydrogen) atoms. The summed E-state index contributed by atoms with van der Waals surface area (Å²) in [6.45, 7) is 0. The summed E-state index contributed by atoms with van der Waals surface area (Å²) < 4.78 is 42.5. The molecule has 1 aromatic heterocycles. The monoisotopic (exact) mass is 823 g/mol. The van der Waals surface area contributed by atoms with Crippen LogP contribution >= 0.6 is 7.14 Å². The SMILES string of the molecule is O=P(c1ccccc1)(c1ccccc1)c1ccc(-c2ccc(-c3ccc(-c4ccc(-c5nc(-c6ccc(F)cc6)nc(-c6ccc(F)cc6)n5)cc4)c4ccccc34)cc2)cc1. The molecule has 9 aromatic carbocycles. The Morgan fingerprint density at radius 2 is 0.581 bits per heavy atom. The van der Waals surface area contributed by atoms with Gasteiger partial charge < -0.3 is 4.57 Å². The van der Waals surface area contributed by atoms with Gasteiger partial charge in [-0.2, -0.15) is 0 Å². The molecule has 0 atom stereocenters. The Hall–Kier alpha value is -7.66. The van der Waals surface area contributed by atoms with E-state index in [1.807, 2.05) is 84.9 Å². The third-order valence-corrected chi connectivity index (χ3v) is 14.3. The predicted molar refractivity (Wildman–Crippen MR) is 249 cm³/mol. The van der Waals surface area contributed by atoms with Crippen LogP contribution in [0.25, 0.3) is 78.3 Å². The first-order chi connectivity index (χ1) is 30.4. The summed E-state index contributed by atoms with van der Waals surface area (Å²) in [5.41, 5.74) is 8.53. The standard InChI is InChI=1S/C55H36F2N3OP/c56-44-29-23-42(24-30-44)54-58-53(59-55(60-54)43-25-31-45(57)32-26-43)41-21-19-40(20-22-41)50-36-35-49(51-13-7-8-14-52(50)51)39-17-15-37(16-18-39)38-27-33-48(34-28-38)62(61,46-9-3-1-4-10-46)47-11-5-2-6-12-47/h1-36H. The van der Waals surface area contributed by atoms with E-state index in [1.165, 1.54) is 24.3 Å². The Bertz CT molecular complexity index is 3130. The number of hydrogen-bond acceptors (Lipinski definition) is 4. The Balaban J connectivity index is 0.941. The van der Waals surface area contributed by atoms with Crippen molar-refractivity contribution in [3.8, 4) is 67.5 Å². The zero-order chi connectivity index (χ0) is 42.0. The quantitative estimate of drug-likeness (QED) is 0.136. The molecule has 0 unspecified atom stereocenters. The van der Waals surface area contributed by atoms with Crippen LogP contribution in [-0.4, -0.2) is 15.0 Å². The van der Waals surface area contributed by atoms with Crippen LogP contribution in [0.15, 0.2) is 218 Å². The minimum absolute atomic E-state index is 0.355. The highest BCUT2D eigenvalue weighted by Gasteiger charge is 2.29. The number of fused-ring (bicyclic) bond motifs is 1. The van der Waals surface area contributed by atoms with Crippen molar-refractivity contribution in [3.63, 3.8) is 0 Å². The molecular formula is C55H36F2N3OP. The second kappa shape index (κ2) is 16.4. The maximum absolute atomic E-state index is 14.9. The van der Waals surface area contributed by atoms with Crippen molar-refractivity contribution in [2.24, 2.45) is 0 Å². The van der Waals surface area contributed by atoms with Gasteiger partial charge in [-0.1, -0.05) is 170 Å². The van der Waals surface area contributed by atoms with E-state index >= 15 is 0 Å². The Morgan fingerprint density at radius 1 is 0.290 bits per heavy atom. The van der Waals surface area contributed by atoms with Crippen LogP contribution in [0.5, 0.6) is 0 Å². The number of aromatic nitrogens is 3. The van der Waals surface area contributed by atoms with Crippen molar-refractivity contribution in [1.29, 1.82) is 0 Å². The van der Waals surface area contributed by atoms with E-state index in [-0.39, 0.29) is 11.6 Å². The topological polar surface area (TPSA) is 55.7 Å². The van der Waals surface area contributed by atoms with Crippen molar-refractivity contribution < 1.29 is 13.3 Å². The summed E-state index contributed by atoms with van der Waals surface area (Å²) in [6.07, 6.45) is 0. The smallest absolute Gasteiger partial charge is 0.171 e. The van der Waals surface area contributed by atoms with E-state index in [2.05, 4.69) is 89.9 Å². The van der Waals surface area contributed by atoms with Gasteiger partial charge in [0.15, 0.2) is 24.6 Å². The van der Waals surface area contributed by atoms with Crippen LogP contribution in [-0.2, 0) is 4.57 Å². The molecular weight excluding hydrogens is 788 g/mol. The van der Waals surface area contributed by atoms with Crippen LogP contribution in [0.4, 0.5) is 8.78 Å². The van der Waals surface area contributed by atoms with E-state index in [1.54, 1.807) is 24.3 Å². The number of benzene rings is 9. The van der Waals surface area contributed by atoms with Crippen molar-refractivity contribution >= 4 is 33.8 Å². The summed E-state index contributed by atoms with van der Waals surface area (Å²) in [5.74, 6) is 0.517. The normalized spacial score (nSPS) is 11.5. The first kappa shape index (κ1) is 38.5. The first-order valence-electron chi connectivity index (χ1n) is 20.2. The van der Waals surface area contributed by atoms with Crippen molar-refractivity contribution in [2.45, 2.75) is 0 Å². The zero-order valence-corrected chi connectivity index (χ0v) is 34.1. The molecule has 7 heteroatoms. The van der Waals surface area contributed by atoms with Gasteiger partial charge in [0.05, 0.1) is 0 Å². The summed E-state index contributed by atoms with van der Waals surface area (Å²) in [5, 5.41) is 4.68. The molecule has 0 aliphatic heterocycles. The average molecular weight is 824 g/mol. The van der Waals surface area contributed by atoms with Crippen LogP contribution in [0.2, 0.25) is 0 Å². The largest absolute Gasteiger partial charge is 0.309 e. The van der Waals surface area contributed by atoms with Crippen molar-refractivity contribution in [3.05, 3.63) is 230 Å². The van der Waals surface area contributed by atoms with E-state index in [0.717, 1.165) is 65.6 Å². The molecule has 0 aliphatic carbocycles. The summed E-state index contributed by atoms with van der Waals surface area (Å²) in [6, 6.07) is 69.1. The van der Waals surface area contributed by atoms with Crippen molar-refractivity contribution in [2.75, 3.05) is 0 Å². The molecule has 0 radical (unpaired) electrons. The lowest BCUT2D eigenvalue weighted by atomic mass is 9.91. The zero-order valence-electron chi connectivity index (χ0n) is 33.2. The second-order valence-electron chi connectivity index (χ2n) is 15.0. The molecule has 296 valence electrons. The minimum atomic E-state index is -3.06. The molecule has 0 saturated heterocycles. The molecule has 0 amide bonds. The van der Waals surface area contributed by atoms with Gasteiger partial charge in [0.25, 0.3) is 0 Å². The highest BCUT2D eigenvalue weighted by Crippen LogP contribution is 2.43. The lowest BCUT2D eigenvalue weighted by molar-refractivity contribution is 0.592. The van der Waals surface area contributed by atoms with Gasteiger partial charge in [-0.15, -0.1) is 0 Å². The maximum atomic E-state index is 14.9. The summed E-state index contributed by atoms with van der Waals surface area (Å²) >= 11 is 0. The average Bonchev–Trinajstić information content (AvgIpc) is 3.34. The fraction of sp³-hybridized carbons (Fsp3) is 0. The maximum Gasteiger partial charge on any atom is 0.171 e. The van der Waals surface area contributed by atoms with Crippen LogP contribution in [0.3, 0.4) is 0 Å². The Morgan fingerprint density at radius 3 is 0.968 bits per heavy atom. The summed E-state index contributed by atoms with van der Waals surface area (Å²) in [4.78, 5) is 14.2. The van der Waals surface area contributed by atoms with Gasteiger partial charge >= 0.3 is 0 Å². The molecule has 1 heterocycles. The predicted octanol–water partition coefficient (Wildman–Crippen LogP) is 12.9. The first-order valence-corrected chi connectivity index (χ1v) is 21.9. The van der Waals surface area contributed by atoms with Gasteiger partial charge in [-0.05, 0) is 92.7 Å². The number of halogens is 2. The second-order valence-corrected chi connectivity index (χ2v) is 17.8. The molecule has 0 fully saturated rings. The van der Waals surface area contributed by atoms with Crippen LogP contribution < -0.4 is 15.9 Å². The molecule has 10 aromatic rings. The lowest BCUT2D eigenvalue weighted by Gasteiger charge is -2.20. The van der Waals surface area contributed by atoms with Crippen LogP contribution in [0.1, 0.15) is 0 Å². The van der Waals surface area contributed by atoms with Gasteiger partial charge in [0, 0.05) is 32.6 Å². The van der Waals surface area contributed by atoms with Crippen LogP contribution in [0, 0.1) is 11.6 Å². The van der Waals surface area contributed by atoms with Gasteiger partial charge in [0.2, 0.25) is 0 Å². The highest BCUT2D eigenvalue weighted by atomic mass is 31.2. The Kier molecular flexibility index (Phi) is 10.2. The molecule has 0 aliphatic rings. The molecule has 0 spiro atoms. The number of rotatable bonds is 9. The third-order valence-electron chi connectivity index (χ3n) is 11.2. The van der Waals surface area contributed by atoms with E-state index in [0.29, 0.717) is 28.6 Å². The van der Waals surface area contributed by atoms with Gasteiger partial charge in [-0.3, -0.25) is 0 Å². The minimum Gasteiger partial charge on any atom is -0.309 e. The van der Waals surface area contributed by atoms with E-state index in [9.17, 15) is 13.3 Å². The molecule has 0 N–H and O–H groups in total. The number of hydrogen-bond donors (Lipinski definition) is 0. The van der Waals surface area contributed by atoms with E-state index in [4.69, 9.17) is 9.97 Å². The molecule has 4 nitrogen and oxygen atoms in total. The van der Waals surface area contributed by atoms with E-state index < -0.39 is 7.14 Å². The fourth-order valence-corrected chi connectivity index (χ4v) is 10.6. The fourth-order valence-electron chi connectivity index (χ4n) is 7.99. The molecule has 0 saturated carbocycles. The third kappa shape index (κ3) is 7.42. The highest BCUT2D eigenvalue weighted by molar-refractivity contribution is 7.85. The Labute approximate surface area is 358 Å². The van der Waals surface area contributed by atoms with Gasteiger partial charge in [0.1, 0.15) is 11.6 Å². The lowest BCUT2D eigenvalue weighted by Crippen LogP contribution is -2.24.